The summed E-state index contributed by atoms with van der Waals surface area (Å²) in [6.45, 7) is 6.41. The summed E-state index contributed by atoms with van der Waals surface area (Å²) in [6, 6.07) is 0. The minimum absolute atomic E-state index is 0.265. The van der Waals surface area contributed by atoms with Crippen molar-refractivity contribution in [2.45, 2.75) is 33.1 Å². The van der Waals surface area contributed by atoms with Gasteiger partial charge in [0.25, 0.3) is 0 Å². The molecule has 13 heavy (non-hydrogen) atoms. The van der Waals surface area contributed by atoms with Gasteiger partial charge in [-0.3, -0.25) is 4.79 Å². The number of carbonyl (C=O) groups is 1. The van der Waals surface area contributed by atoms with E-state index in [1.165, 1.54) is 0 Å². The molecule has 0 radical (unpaired) electrons. The zero-order valence-corrected chi connectivity index (χ0v) is 9.01. The highest BCUT2D eigenvalue weighted by molar-refractivity contribution is 5.75. The third-order valence-corrected chi connectivity index (χ3v) is 1.97. The molecule has 0 bridgehead atoms. The number of hydrogen-bond donors (Lipinski definition) is 0. The van der Waals surface area contributed by atoms with E-state index >= 15 is 0 Å². The van der Waals surface area contributed by atoms with Crippen molar-refractivity contribution in [2.75, 3.05) is 26.8 Å². The minimum atomic E-state index is 0.265. The monoisotopic (exact) mass is 187 g/mol. The number of methoxy groups -OCH3 is 1. The van der Waals surface area contributed by atoms with E-state index in [1.54, 1.807) is 7.11 Å². The van der Waals surface area contributed by atoms with E-state index in [4.69, 9.17) is 4.74 Å². The van der Waals surface area contributed by atoms with Crippen molar-refractivity contribution in [3.8, 4) is 0 Å². The molecule has 0 saturated heterocycles. The van der Waals surface area contributed by atoms with E-state index < -0.39 is 0 Å². The predicted molar refractivity (Wildman–Crippen MR) is 53.7 cm³/mol. The first-order valence-corrected chi connectivity index (χ1v) is 5.02. The first-order chi connectivity index (χ1) is 6.26. The highest BCUT2D eigenvalue weighted by Crippen LogP contribution is 1.98. The van der Waals surface area contributed by atoms with E-state index in [2.05, 4.69) is 0 Å². The Hall–Kier alpha value is -0.570. The maximum atomic E-state index is 11.5. The molecule has 0 fully saturated rings. The van der Waals surface area contributed by atoms with Gasteiger partial charge in [0.1, 0.15) is 0 Å². The molecule has 0 aliphatic heterocycles. The van der Waals surface area contributed by atoms with Gasteiger partial charge in [0.15, 0.2) is 0 Å². The lowest BCUT2D eigenvalue weighted by atomic mass is 10.3. The molecule has 3 heteroatoms. The second-order valence-electron chi connectivity index (χ2n) is 3.07. The summed E-state index contributed by atoms with van der Waals surface area (Å²) in [6.07, 6.45) is 2.53. The second kappa shape index (κ2) is 8.05. The average molecular weight is 187 g/mol. The van der Waals surface area contributed by atoms with Crippen LogP contribution >= 0.6 is 0 Å². The van der Waals surface area contributed by atoms with Gasteiger partial charge in [-0.25, -0.2) is 0 Å². The van der Waals surface area contributed by atoms with Gasteiger partial charge >= 0.3 is 0 Å². The topological polar surface area (TPSA) is 29.5 Å². The highest BCUT2D eigenvalue weighted by Gasteiger charge is 2.08. The molecule has 0 spiro atoms. The Morgan fingerprint density at radius 1 is 1.38 bits per heavy atom. The molecule has 3 nitrogen and oxygen atoms in total. The summed E-state index contributed by atoms with van der Waals surface area (Å²) in [5.41, 5.74) is 0. The summed E-state index contributed by atoms with van der Waals surface area (Å²) < 4.78 is 4.94. The molecule has 0 N–H and O–H groups in total. The summed E-state index contributed by atoms with van der Waals surface area (Å²) in [7, 11) is 1.68. The van der Waals surface area contributed by atoms with Gasteiger partial charge in [-0.2, -0.15) is 0 Å². The van der Waals surface area contributed by atoms with Crippen LogP contribution in [0.4, 0.5) is 0 Å². The van der Waals surface area contributed by atoms with Gasteiger partial charge in [-0.05, 0) is 19.8 Å². The van der Waals surface area contributed by atoms with Crippen LogP contribution in [-0.2, 0) is 9.53 Å². The third kappa shape index (κ3) is 5.64. The van der Waals surface area contributed by atoms with E-state index in [0.717, 1.165) is 32.5 Å². The molecular formula is C10H21NO2. The zero-order valence-electron chi connectivity index (χ0n) is 9.01. The normalized spacial score (nSPS) is 10.1. The zero-order chi connectivity index (χ0) is 10.1. The Kier molecular flexibility index (Phi) is 7.69. The number of nitrogens with zero attached hydrogens (tertiary/aromatic N) is 1. The van der Waals surface area contributed by atoms with Crippen molar-refractivity contribution in [1.82, 2.24) is 4.90 Å². The Labute approximate surface area is 81.1 Å². The Balaban J connectivity index is 3.67. The number of hydrogen-bond acceptors (Lipinski definition) is 2. The molecule has 1 amide bonds. The van der Waals surface area contributed by atoms with E-state index in [-0.39, 0.29) is 5.91 Å². The molecular weight excluding hydrogens is 166 g/mol. The van der Waals surface area contributed by atoms with Crippen molar-refractivity contribution < 1.29 is 9.53 Å². The van der Waals surface area contributed by atoms with Crippen LogP contribution in [-0.4, -0.2) is 37.6 Å². The first kappa shape index (κ1) is 12.4. The molecule has 0 aromatic carbocycles. The Morgan fingerprint density at radius 3 is 2.54 bits per heavy atom. The third-order valence-electron chi connectivity index (χ3n) is 1.97. The maximum absolute atomic E-state index is 11.5. The molecule has 0 aromatic rings. The van der Waals surface area contributed by atoms with Crippen LogP contribution in [0.5, 0.6) is 0 Å². The van der Waals surface area contributed by atoms with Crippen molar-refractivity contribution in [1.29, 1.82) is 0 Å². The van der Waals surface area contributed by atoms with Crippen LogP contribution in [0.25, 0.3) is 0 Å². The average Bonchev–Trinajstić information content (AvgIpc) is 2.13. The molecule has 0 saturated carbocycles. The number of carbonyl (C=O) groups excluding carboxylic acids is 1. The standard InChI is InChI=1S/C10H21NO2/c1-4-7-10(12)11(5-2)8-6-9-13-3/h4-9H2,1-3H3. The smallest absolute Gasteiger partial charge is 0.222 e. The fraction of sp³-hybridized carbons (Fsp3) is 0.900. The maximum Gasteiger partial charge on any atom is 0.222 e. The van der Waals surface area contributed by atoms with Gasteiger partial charge in [0, 0.05) is 33.2 Å². The van der Waals surface area contributed by atoms with Crippen LogP contribution < -0.4 is 0 Å². The second-order valence-corrected chi connectivity index (χ2v) is 3.07. The molecule has 0 aliphatic carbocycles. The molecule has 0 heterocycles. The SMILES string of the molecule is CCCC(=O)N(CC)CCCOC. The Bertz CT molecular complexity index is 137. The predicted octanol–water partition coefficient (Wildman–Crippen LogP) is 1.67. The van der Waals surface area contributed by atoms with Gasteiger partial charge < -0.3 is 9.64 Å². The summed E-state index contributed by atoms with van der Waals surface area (Å²) in [5, 5.41) is 0. The van der Waals surface area contributed by atoms with Crippen molar-refractivity contribution in [3.63, 3.8) is 0 Å². The van der Waals surface area contributed by atoms with Gasteiger partial charge in [0.2, 0.25) is 5.91 Å². The fourth-order valence-electron chi connectivity index (χ4n) is 1.23. The van der Waals surface area contributed by atoms with E-state index in [9.17, 15) is 4.79 Å². The lowest BCUT2D eigenvalue weighted by molar-refractivity contribution is -0.131. The summed E-state index contributed by atoms with van der Waals surface area (Å²) in [5.74, 6) is 0.265. The van der Waals surface area contributed by atoms with Gasteiger partial charge in [0.05, 0.1) is 0 Å². The Morgan fingerprint density at radius 2 is 2.08 bits per heavy atom. The van der Waals surface area contributed by atoms with E-state index in [0.29, 0.717) is 6.42 Å². The molecule has 0 unspecified atom stereocenters. The van der Waals surface area contributed by atoms with Crippen molar-refractivity contribution >= 4 is 5.91 Å². The number of rotatable bonds is 7. The number of ether oxygens (including phenoxy) is 1. The van der Waals surface area contributed by atoms with Crippen LogP contribution in [0.3, 0.4) is 0 Å². The molecule has 0 atom stereocenters. The molecule has 0 rings (SSSR count). The highest BCUT2D eigenvalue weighted by atomic mass is 16.5. The molecule has 0 aliphatic rings. The van der Waals surface area contributed by atoms with Crippen molar-refractivity contribution in [2.24, 2.45) is 0 Å². The molecule has 78 valence electrons. The summed E-state index contributed by atoms with van der Waals surface area (Å²) >= 11 is 0. The lowest BCUT2D eigenvalue weighted by Gasteiger charge is -2.20. The largest absolute Gasteiger partial charge is 0.385 e. The lowest BCUT2D eigenvalue weighted by Crippen LogP contribution is -2.31. The van der Waals surface area contributed by atoms with Gasteiger partial charge in [-0.15, -0.1) is 0 Å². The van der Waals surface area contributed by atoms with Crippen molar-refractivity contribution in [3.05, 3.63) is 0 Å². The van der Waals surface area contributed by atoms with Crippen LogP contribution in [0.15, 0.2) is 0 Å². The minimum Gasteiger partial charge on any atom is -0.385 e. The summed E-state index contributed by atoms with van der Waals surface area (Å²) in [4.78, 5) is 13.3. The van der Waals surface area contributed by atoms with E-state index in [1.807, 2.05) is 18.7 Å². The van der Waals surface area contributed by atoms with Crippen LogP contribution in [0, 0.1) is 0 Å². The molecule has 0 aromatic heterocycles. The first-order valence-electron chi connectivity index (χ1n) is 5.02. The number of amides is 1. The van der Waals surface area contributed by atoms with Crippen LogP contribution in [0.2, 0.25) is 0 Å². The quantitative estimate of drug-likeness (QED) is 0.567. The van der Waals surface area contributed by atoms with Gasteiger partial charge in [-0.1, -0.05) is 6.92 Å². The fourth-order valence-corrected chi connectivity index (χ4v) is 1.23. The van der Waals surface area contributed by atoms with Crippen LogP contribution in [0.1, 0.15) is 33.1 Å².